The van der Waals surface area contributed by atoms with Gasteiger partial charge < -0.3 is 19.6 Å². The van der Waals surface area contributed by atoms with Gasteiger partial charge in [-0.05, 0) is 25.1 Å². The van der Waals surface area contributed by atoms with Crippen molar-refractivity contribution in [1.82, 2.24) is 20.2 Å². The molecule has 0 bridgehead atoms. The lowest BCUT2D eigenvalue weighted by molar-refractivity contribution is -0.123. The maximum Gasteiger partial charge on any atom is 0.287 e. The van der Waals surface area contributed by atoms with Gasteiger partial charge in [0, 0.05) is 25.0 Å². The summed E-state index contributed by atoms with van der Waals surface area (Å²) in [5.74, 6) is -0.881. The van der Waals surface area contributed by atoms with Gasteiger partial charge in [0.25, 0.3) is 5.91 Å². The topological polar surface area (TPSA) is 89.2 Å². The van der Waals surface area contributed by atoms with E-state index in [1.807, 2.05) is 0 Å². The van der Waals surface area contributed by atoms with Gasteiger partial charge in [-0.15, -0.1) is 0 Å². The SMILES string of the molecule is C[C@H](NC(=O)c1ccco1)C(=O)N[C@@H](c1ccccc1F)c1nccn1C. The highest BCUT2D eigenvalue weighted by Gasteiger charge is 2.26. The second-order valence-corrected chi connectivity index (χ2v) is 6.03. The molecule has 0 spiro atoms. The molecular formula is C19H19FN4O3. The van der Waals surface area contributed by atoms with Crippen molar-refractivity contribution in [2.24, 2.45) is 7.05 Å². The largest absolute Gasteiger partial charge is 0.459 e. The first kappa shape index (κ1) is 18.4. The molecule has 3 rings (SSSR count). The minimum Gasteiger partial charge on any atom is -0.459 e. The molecule has 0 unspecified atom stereocenters. The highest BCUT2D eigenvalue weighted by molar-refractivity contribution is 5.95. The van der Waals surface area contributed by atoms with E-state index in [1.165, 1.54) is 25.3 Å². The summed E-state index contributed by atoms with van der Waals surface area (Å²) in [7, 11) is 1.75. The normalized spacial score (nSPS) is 13.0. The zero-order chi connectivity index (χ0) is 19.4. The molecule has 2 atom stereocenters. The van der Waals surface area contributed by atoms with Crippen molar-refractivity contribution in [2.45, 2.75) is 19.0 Å². The zero-order valence-corrected chi connectivity index (χ0v) is 14.8. The van der Waals surface area contributed by atoms with Crippen LogP contribution >= 0.6 is 0 Å². The van der Waals surface area contributed by atoms with Crippen LogP contribution in [-0.2, 0) is 11.8 Å². The first-order chi connectivity index (χ1) is 13.0. The number of aromatic nitrogens is 2. The molecule has 0 saturated heterocycles. The van der Waals surface area contributed by atoms with E-state index in [4.69, 9.17) is 4.42 Å². The van der Waals surface area contributed by atoms with E-state index < -0.39 is 29.7 Å². The van der Waals surface area contributed by atoms with Crippen molar-refractivity contribution in [1.29, 1.82) is 0 Å². The fraction of sp³-hybridized carbons (Fsp3) is 0.211. The van der Waals surface area contributed by atoms with Gasteiger partial charge in [-0.1, -0.05) is 18.2 Å². The number of aryl methyl sites for hydroxylation is 1. The quantitative estimate of drug-likeness (QED) is 0.696. The van der Waals surface area contributed by atoms with E-state index in [0.29, 0.717) is 5.82 Å². The van der Waals surface area contributed by atoms with Gasteiger partial charge >= 0.3 is 0 Å². The molecule has 2 N–H and O–H groups in total. The fourth-order valence-corrected chi connectivity index (χ4v) is 2.65. The lowest BCUT2D eigenvalue weighted by Gasteiger charge is -2.22. The molecule has 0 aliphatic carbocycles. The van der Waals surface area contributed by atoms with Crippen molar-refractivity contribution in [2.75, 3.05) is 0 Å². The second kappa shape index (κ2) is 7.86. The van der Waals surface area contributed by atoms with Gasteiger partial charge in [0.1, 0.15) is 23.7 Å². The summed E-state index contributed by atoms with van der Waals surface area (Å²) in [6.45, 7) is 1.53. The van der Waals surface area contributed by atoms with Gasteiger partial charge in [0.15, 0.2) is 5.76 Å². The third-order valence-electron chi connectivity index (χ3n) is 4.11. The number of halogens is 1. The van der Waals surface area contributed by atoms with Crippen LogP contribution in [-0.4, -0.2) is 27.4 Å². The smallest absolute Gasteiger partial charge is 0.287 e. The van der Waals surface area contributed by atoms with Crippen LogP contribution in [0.5, 0.6) is 0 Å². The molecule has 27 heavy (non-hydrogen) atoms. The van der Waals surface area contributed by atoms with E-state index in [-0.39, 0.29) is 11.3 Å². The van der Waals surface area contributed by atoms with Crippen molar-refractivity contribution in [3.63, 3.8) is 0 Å². The van der Waals surface area contributed by atoms with Crippen LogP contribution in [0, 0.1) is 5.82 Å². The molecule has 8 heteroatoms. The highest BCUT2D eigenvalue weighted by Crippen LogP contribution is 2.23. The summed E-state index contributed by atoms with van der Waals surface area (Å²) in [6, 6.07) is 7.56. The minimum absolute atomic E-state index is 0.101. The number of hydrogen-bond acceptors (Lipinski definition) is 4. The van der Waals surface area contributed by atoms with Crippen molar-refractivity contribution >= 4 is 11.8 Å². The van der Waals surface area contributed by atoms with Crippen LogP contribution in [0.3, 0.4) is 0 Å². The predicted octanol–water partition coefficient (Wildman–Crippen LogP) is 2.18. The Morgan fingerprint density at radius 3 is 2.59 bits per heavy atom. The van der Waals surface area contributed by atoms with E-state index >= 15 is 0 Å². The van der Waals surface area contributed by atoms with Crippen LogP contribution in [0.15, 0.2) is 59.5 Å². The van der Waals surface area contributed by atoms with Gasteiger partial charge in [-0.2, -0.15) is 0 Å². The molecule has 0 aliphatic heterocycles. The Morgan fingerprint density at radius 1 is 1.19 bits per heavy atom. The number of imidazole rings is 1. The number of benzene rings is 1. The second-order valence-electron chi connectivity index (χ2n) is 6.03. The Morgan fingerprint density at radius 2 is 1.96 bits per heavy atom. The van der Waals surface area contributed by atoms with Crippen LogP contribution in [0.4, 0.5) is 4.39 Å². The van der Waals surface area contributed by atoms with Gasteiger partial charge in [0.2, 0.25) is 5.91 Å². The number of amides is 2. The van der Waals surface area contributed by atoms with Gasteiger partial charge in [-0.25, -0.2) is 9.37 Å². The standard InChI is InChI=1S/C19H19FN4O3/c1-12(22-19(26)15-8-5-11-27-15)18(25)23-16(17-21-9-10-24(17)2)13-6-3-4-7-14(13)20/h3-12,16H,1-2H3,(H,22,26)(H,23,25)/t12-,16-/m0/s1. The zero-order valence-electron chi connectivity index (χ0n) is 14.8. The maximum atomic E-state index is 14.3. The highest BCUT2D eigenvalue weighted by atomic mass is 19.1. The van der Waals surface area contributed by atoms with Crippen molar-refractivity contribution in [3.05, 3.63) is 78.0 Å². The molecule has 7 nitrogen and oxygen atoms in total. The van der Waals surface area contributed by atoms with Crippen molar-refractivity contribution in [3.8, 4) is 0 Å². The van der Waals surface area contributed by atoms with Crippen LogP contribution in [0.1, 0.15) is 34.9 Å². The minimum atomic E-state index is -0.864. The average Bonchev–Trinajstić information content (AvgIpc) is 3.32. The monoisotopic (exact) mass is 370 g/mol. The van der Waals surface area contributed by atoms with Gasteiger partial charge in [-0.3, -0.25) is 9.59 Å². The van der Waals surface area contributed by atoms with E-state index in [1.54, 1.807) is 48.3 Å². The molecule has 2 aromatic heterocycles. The molecule has 0 aliphatic rings. The average molecular weight is 370 g/mol. The third-order valence-corrected chi connectivity index (χ3v) is 4.11. The lowest BCUT2D eigenvalue weighted by Crippen LogP contribution is -2.46. The number of nitrogens with zero attached hydrogens (tertiary/aromatic N) is 2. The summed E-state index contributed by atoms with van der Waals surface area (Å²) < 4.78 is 21.0. The summed E-state index contributed by atoms with van der Waals surface area (Å²) in [5.41, 5.74) is 0.282. The number of rotatable bonds is 6. The Hall–Kier alpha value is -3.42. The van der Waals surface area contributed by atoms with E-state index in [2.05, 4.69) is 15.6 Å². The number of furan rings is 1. The van der Waals surface area contributed by atoms with Crippen LogP contribution < -0.4 is 10.6 Å². The summed E-state index contributed by atoms with van der Waals surface area (Å²) >= 11 is 0. The first-order valence-electron chi connectivity index (χ1n) is 8.33. The Bertz CT molecular complexity index is 936. The summed E-state index contributed by atoms with van der Waals surface area (Å²) in [6.07, 6.45) is 4.64. The maximum absolute atomic E-state index is 14.3. The molecule has 0 fully saturated rings. The van der Waals surface area contributed by atoms with Gasteiger partial charge in [0.05, 0.1) is 6.26 Å². The Kier molecular flexibility index (Phi) is 5.35. The lowest BCUT2D eigenvalue weighted by atomic mass is 10.0. The van der Waals surface area contributed by atoms with E-state index in [0.717, 1.165) is 0 Å². The molecule has 0 saturated carbocycles. The first-order valence-corrected chi connectivity index (χ1v) is 8.33. The number of carbonyl (C=O) groups is 2. The molecule has 2 heterocycles. The molecule has 3 aromatic rings. The summed E-state index contributed by atoms with van der Waals surface area (Å²) in [5, 5.41) is 5.31. The molecular weight excluding hydrogens is 351 g/mol. The van der Waals surface area contributed by atoms with Crippen LogP contribution in [0.2, 0.25) is 0 Å². The predicted molar refractivity (Wildman–Crippen MR) is 95.2 cm³/mol. The molecule has 0 radical (unpaired) electrons. The number of hydrogen-bond donors (Lipinski definition) is 2. The fourth-order valence-electron chi connectivity index (χ4n) is 2.65. The van der Waals surface area contributed by atoms with Crippen LogP contribution in [0.25, 0.3) is 0 Å². The third kappa shape index (κ3) is 4.05. The summed E-state index contributed by atoms with van der Waals surface area (Å²) in [4.78, 5) is 28.9. The van der Waals surface area contributed by atoms with E-state index in [9.17, 15) is 14.0 Å². The molecule has 140 valence electrons. The molecule has 2 amide bonds. The number of carbonyl (C=O) groups excluding carboxylic acids is 2. The molecule has 1 aromatic carbocycles. The Balaban J connectivity index is 1.80. The number of nitrogens with one attached hydrogen (secondary N) is 2. The Labute approximate surface area is 155 Å². The van der Waals surface area contributed by atoms with Crippen molar-refractivity contribution < 1.29 is 18.4 Å².